The van der Waals surface area contributed by atoms with E-state index in [1.807, 2.05) is 0 Å². The molecular formula is C19H37N. The van der Waals surface area contributed by atoms with Crippen LogP contribution in [0.2, 0.25) is 0 Å². The Balaban J connectivity index is 4.45. The Bertz CT molecular complexity index is 277. The quantitative estimate of drug-likeness (QED) is 0.486. The topological polar surface area (TPSA) is 12.0 Å². The maximum Gasteiger partial charge on any atom is 0.00114 e. The predicted octanol–water partition coefficient (Wildman–Crippen LogP) is 5.59. The Morgan fingerprint density at radius 3 is 2.30 bits per heavy atom. The summed E-state index contributed by atoms with van der Waals surface area (Å²) in [5.74, 6) is 2.09. The van der Waals surface area contributed by atoms with E-state index in [4.69, 9.17) is 0 Å². The lowest BCUT2D eigenvalue weighted by Crippen LogP contribution is -2.19. The second-order valence-corrected chi connectivity index (χ2v) is 6.07. The monoisotopic (exact) mass is 279 g/mol. The maximum absolute atomic E-state index is 3.42. The lowest BCUT2D eigenvalue weighted by atomic mass is 9.86. The van der Waals surface area contributed by atoms with Crippen molar-refractivity contribution in [2.75, 3.05) is 13.1 Å². The first-order chi connectivity index (χ1) is 9.58. The predicted molar refractivity (Wildman–Crippen MR) is 93.1 cm³/mol. The van der Waals surface area contributed by atoms with Crippen LogP contribution in [0.1, 0.15) is 67.2 Å². The molecule has 1 nitrogen and oxygen atoms in total. The van der Waals surface area contributed by atoms with Crippen LogP contribution in [0.25, 0.3) is 0 Å². The summed E-state index contributed by atoms with van der Waals surface area (Å²) in [5.41, 5.74) is 1.61. The highest BCUT2D eigenvalue weighted by atomic mass is 14.8. The number of rotatable bonds is 11. The molecule has 1 N–H and O–H groups in total. The molecule has 0 rings (SSSR count). The molecule has 1 heteroatoms. The van der Waals surface area contributed by atoms with Crippen LogP contribution in [-0.4, -0.2) is 13.1 Å². The molecule has 20 heavy (non-hydrogen) atoms. The fraction of sp³-hybridized carbons (Fsp3) is 0.789. The van der Waals surface area contributed by atoms with Gasteiger partial charge in [-0.25, -0.2) is 0 Å². The second-order valence-electron chi connectivity index (χ2n) is 6.07. The van der Waals surface area contributed by atoms with Crippen molar-refractivity contribution in [3.63, 3.8) is 0 Å². The van der Waals surface area contributed by atoms with Crippen molar-refractivity contribution in [2.24, 2.45) is 17.8 Å². The van der Waals surface area contributed by atoms with Gasteiger partial charge in [0.25, 0.3) is 0 Å². The average Bonchev–Trinajstić information content (AvgIpc) is 2.44. The van der Waals surface area contributed by atoms with E-state index in [-0.39, 0.29) is 0 Å². The Morgan fingerprint density at radius 1 is 1.10 bits per heavy atom. The van der Waals surface area contributed by atoms with E-state index in [1.54, 1.807) is 5.57 Å². The highest BCUT2D eigenvalue weighted by molar-refractivity contribution is 5.05. The molecule has 0 spiro atoms. The van der Waals surface area contributed by atoms with Crippen LogP contribution < -0.4 is 5.32 Å². The Hall–Kier alpha value is -0.560. The van der Waals surface area contributed by atoms with Crippen LogP contribution in [0.15, 0.2) is 23.8 Å². The molecule has 3 unspecified atom stereocenters. The van der Waals surface area contributed by atoms with Crippen molar-refractivity contribution < 1.29 is 0 Å². The number of hydrogen-bond donors (Lipinski definition) is 1. The zero-order chi connectivity index (χ0) is 15.4. The van der Waals surface area contributed by atoms with Gasteiger partial charge in [0.1, 0.15) is 0 Å². The first-order valence-corrected chi connectivity index (χ1v) is 8.62. The van der Waals surface area contributed by atoms with Crippen LogP contribution in [0, 0.1) is 17.8 Å². The molecule has 118 valence electrons. The van der Waals surface area contributed by atoms with E-state index in [2.05, 4.69) is 65.1 Å². The van der Waals surface area contributed by atoms with Crippen molar-refractivity contribution >= 4 is 0 Å². The fourth-order valence-corrected chi connectivity index (χ4v) is 2.89. The van der Waals surface area contributed by atoms with Gasteiger partial charge in [-0.2, -0.15) is 0 Å². The van der Waals surface area contributed by atoms with Crippen LogP contribution in [0.4, 0.5) is 0 Å². The lowest BCUT2D eigenvalue weighted by molar-refractivity contribution is 0.453. The Morgan fingerprint density at radius 2 is 1.80 bits per heavy atom. The van der Waals surface area contributed by atoms with Gasteiger partial charge in [-0.1, -0.05) is 64.8 Å². The molecule has 0 aromatic carbocycles. The second kappa shape index (κ2) is 12.2. The van der Waals surface area contributed by atoms with Crippen molar-refractivity contribution in [2.45, 2.75) is 67.2 Å². The molecule has 0 fully saturated rings. The number of allylic oxidation sites excluding steroid dienone is 3. The molecule has 0 radical (unpaired) electrons. The van der Waals surface area contributed by atoms with Crippen LogP contribution in [0.3, 0.4) is 0 Å². The van der Waals surface area contributed by atoms with Crippen LogP contribution in [-0.2, 0) is 0 Å². The van der Waals surface area contributed by atoms with Gasteiger partial charge in [0.15, 0.2) is 0 Å². The average molecular weight is 280 g/mol. The maximum atomic E-state index is 3.42. The fourth-order valence-electron chi connectivity index (χ4n) is 2.89. The van der Waals surface area contributed by atoms with E-state index >= 15 is 0 Å². The van der Waals surface area contributed by atoms with Gasteiger partial charge in [-0.3, -0.25) is 0 Å². The minimum absolute atomic E-state index is 0.636. The van der Waals surface area contributed by atoms with Gasteiger partial charge in [0.2, 0.25) is 0 Å². The van der Waals surface area contributed by atoms with Gasteiger partial charge in [0, 0.05) is 6.54 Å². The molecule has 0 bridgehead atoms. The summed E-state index contributed by atoms with van der Waals surface area (Å²) in [6.07, 6.45) is 12.3. The minimum atomic E-state index is 0.636. The van der Waals surface area contributed by atoms with Crippen molar-refractivity contribution in [3.05, 3.63) is 23.8 Å². The zero-order valence-electron chi connectivity index (χ0n) is 14.7. The summed E-state index contributed by atoms with van der Waals surface area (Å²) in [7, 11) is 0. The van der Waals surface area contributed by atoms with Gasteiger partial charge < -0.3 is 5.32 Å². The highest BCUT2D eigenvalue weighted by Crippen LogP contribution is 2.26. The third-order valence-electron chi connectivity index (χ3n) is 4.16. The third kappa shape index (κ3) is 8.58. The highest BCUT2D eigenvalue weighted by Gasteiger charge is 2.12. The van der Waals surface area contributed by atoms with E-state index < -0.39 is 0 Å². The normalized spacial score (nSPS) is 17.4. The minimum Gasteiger partial charge on any atom is -0.316 e. The Kier molecular flexibility index (Phi) is 11.9. The molecule has 3 atom stereocenters. The lowest BCUT2D eigenvalue weighted by Gasteiger charge is -2.20. The van der Waals surface area contributed by atoms with Gasteiger partial charge in [0.05, 0.1) is 0 Å². The summed E-state index contributed by atoms with van der Waals surface area (Å²) in [4.78, 5) is 0. The van der Waals surface area contributed by atoms with E-state index in [9.17, 15) is 0 Å². The van der Waals surface area contributed by atoms with Crippen molar-refractivity contribution in [1.82, 2.24) is 5.32 Å². The summed E-state index contributed by atoms with van der Waals surface area (Å²) < 4.78 is 0. The molecular weight excluding hydrogens is 242 g/mol. The summed E-state index contributed by atoms with van der Waals surface area (Å²) in [6, 6.07) is 0. The van der Waals surface area contributed by atoms with E-state index in [0.717, 1.165) is 24.9 Å². The molecule has 0 amide bonds. The van der Waals surface area contributed by atoms with Crippen molar-refractivity contribution in [3.8, 4) is 0 Å². The zero-order valence-corrected chi connectivity index (χ0v) is 14.7. The van der Waals surface area contributed by atoms with E-state index in [1.165, 1.54) is 25.7 Å². The van der Waals surface area contributed by atoms with Crippen molar-refractivity contribution in [1.29, 1.82) is 0 Å². The summed E-state index contributed by atoms with van der Waals surface area (Å²) in [6.45, 7) is 15.8. The Labute approximate surface area is 127 Å². The number of nitrogens with one attached hydrogen (secondary N) is 1. The molecule has 0 aromatic rings. The largest absolute Gasteiger partial charge is 0.316 e. The van der Waals surface area contributed by atoms with Gasteiger partial charge >= 0.3 is 0 Å². The molecule has 0 aliphatic rings. The molecule has 0 heterocycles. The van der Waals surface area contributed by atoms with Crippen LogP contribution in [0.5, 0.6) is 0 Å². The first kappa shape index (κ1) is 19.4. The van der Waals surface area contributed by atoms with Gasteiger partial charge in [-0.05, 0) is 50.5 Å². The van der Waals surface area contributed by atoms with Crippen LogP contribution >= 0.6 is 0 Å². The third-order valence-corrected chi connectivity index (χ3v) is 4.16. The van der Waals surface area contributed by atoms with E-state index in [0.29, 0.717) is 5.92 Å². The molecule has 0 saturated heterocycles. The molecule has 0 aliphatic carbocycles. The molecule has 0 saturated carbocycles. The SMILES string of the molecule is C/C=C(\CC)C(C)CC(/C=C/C(C)CNCC)CCC. The number of hydrogen-bond acceptors (Lipinski definition) is 1. The standard InChI is InChI=1S/C19H37N/c1-7-11-18(13-12-16(5)15-20-10-4)14-17(6)19(8-2)9-3/h8,12-13,16-18,20H,7,9-11,14-15H2,1-6H3/b13-12+,19-8+. The summed E-state index contributed by atoms with van der Waals surface area (Å²) in [5, 5.41) is 3.42. The molecule has 0 aromatic heterocycles. The first-order valence-electron chi connectivity index (χ1n) is 8.62. The summed E-state index contributed by atoms with van der Waals surface area (Å²) >= 11 is 0. The van der Waals surface area contributed by atoms with Gasteiger partial charge in [-0.15, -0.1) is 0 Å². The smallest absolute Gasteiger partial charge is 0.00114 e. The molecule has 0 aliphatic heterocycles.